The first kappa shape index (κ1) is 15.0. The lowest BCUT2D eigenvalue weighted by Gasteiger charge is -2.31. The number of hydrogen-bond acceptors (Lipinski definition) is 3. The zero-order valence-electron chi connectivity index (χ0n) is 11.7. The second kappa shape index (κ2) is 6.37. The number of piperazine rings is 1. The highest BCUT2D eigenvalue weighted by molar-refractivity contribution is 7.89. The van der Waals surface area contributed by atoms with E-state index in [1.54, 1.807) is 17.0 Å². The highest BCUT2D eigenvalue weighted by atomic mass is 32.2. The molecule has 0 bridgehead atoms. The van der Waals surface area contributed by atoms with Gasteiger partial charge in [-0.3, -0.25) is 4.79 Å². The molecule has 1 aliphatic rings. The minimum absolute atomic E-state index is 0.330. The summed E-state index contributed by atoms with van der Waals surface area (Å²) >= 11 is 0. The van der Waals surface area contributed by atoms with Gasteiger partial charge in [0.05, 0.1) is 4.90 Å². The summed E-state index contributed by atoms with van der Waals surface area (Å²) in [6.07, 6.45) is 2.77. The summed E-state index contributed by atoms with van der Waals surface area (Å²) in [5.74, 6) is 0. The molecule has 2 rings (SSSR count). The molecule has 1 heterocycles. The first-order chi connectivity index (χ1) is 9.57. The molecule has 1 aliphatic heterocycles. The van der Waals surface area contributed by atoms with Gasteiger partial charge in [0, 0.05) is 26.2 Å². The van der Waals surface area contributed by atoms with Gasteiger partial charge in [0.2, 0.25) is 16.4 Å². The number of carbonyl (C=O) groups is 1. The summed E-state index contributed by atoms with van der Waals surface area (Å²) in [5.41, 5.74) is 1.15. The first-order valence-electron chi connectivity index (χ1n) is 6.86. The van der Waals surface area contributed by atoms with Crippen molar-refractivity contribution in [1.82, 2.24) is 9.21 Å². The topological polar surface area (TPSA) is 57.7 Å². The van der Waals surface area contributed by atoms with E-state index in [9.17, 15) is 13.2 Å². The van der Waals surface area contributed by atoms with E-state index < -0.39 is 10.0 Å². The van der Waals surface area contributed by atoms with Crippen molar-refractivity contribution in [2.24, 2.45) is 0 Å². The van der Waals surface area contributed by atoms with Crippen LogP contribution in [0.5, 0.6) is 0 Å². The van der Waals surface area contributed by atoms with Gasteiger partial charge < -0.3 is 4.90 Å². The zero-order chi connectivity index (χ0) is 14.6. The number of amides is 1. The van der Waals surface area contributed by atoms with E-state index in [1.165, 1.54) is 4.31 Å². The second-order valence-corrected chi connectivity index (χ2v) is 6.88. The maximum Gasteiger partial charge on any atom is 0.243 e. The molecular formula is C14H20N2O3S. The third kappa shape index (κ3) is 3.19. The van der Waals surface area contributed by atoms with E-state index in [-0.39, 0.29) is 0 Å². The van der Waals surface area contributed by atoms with E-state index in [4.69, 9.17) is 0 Å². The Morgan fingerprint density at radius 2 is 1.70 bits per heavy atom. The van der Waals surface area contributed by atoms with Crippen molar-refractivity contribution in [3.05, 3.63) is 29.8 Å². The molecule has 6 heteroatoms. The van der Waals surface area contributed by atoms with Crippen LogP contribution in [-0.2, 0) is 21.2 Å². The number of aryl methyl sites for hydroxylation is 1. The normalized spacial score (nSPS) is 17.1. The van der Waals surface area contributed by atoms with Crippen LogP contribution in [-0.4, -0.2) is 50.2 Å². The van der Waals surface area contributed by atoms with Gasteiger partial charge in [-0.25, -0.2) is 8.42 Å². The molecule has 0 spiro atoms. The van der Waals surface area contributed by atoms with Gasteiger partial charge in [0.25, 0.3) is 0 Å². The maximum absolute atomic E-state index is 12.5. The Bertz CT molecular complexity index is 546. The molecule has 0 saturated carbocycles. The monoisotopic (exact) mass is 296 g/mol. The molecule has 0 unspecified atom stereocenters. The minimum atomic E-state index is -3.43. The molecule has 110 valence electrons. The summed E-state index contributed by atoms with van der Waals surface area (Å²) < 4.78 is 26.4. The molecule has 1 saturated heterocycles. The molecule has 1 fully saturated rings. The molecule has 0 aromatic heterocycles. The number of hydrogen-bond donors (Lipinski definition) is 0. The van der Waals surface area contributed by atoms with Gasteiger partial charge in [0.1, 0.15) is 0 Å². The Morgan fingerprint density at radius 1 is 1.10 bits per heavy atom. The van der Waals surface area contributed by atoms with Crippen LogP contribution >= 0.6 is 0 Å². The Kier molecular flexibility index (Phi) is 4.77. The summed E-state index contributed by atoms with van der Waals surface area (Å²) in [4.78, 5) is 12.6. The van der Waals surface area contributed by atoms with Crippen molar-refractivity contribution in [1.29, 1.82) is 0 Å². The highest BCUT2D eigenvalue weighted by Crippen LogP contribution is 2.18. The van der Waals surface area contributed by atoms with Gasteiger partial charge in [-0.05, 0) is 24.1 Å². The van der Waals surface area contributed by atoms with Crippen LogP contribution < -0.4 is 0 Å². The number of benzene rings is 1. The molecule has 1 amide bonds. The van der Waals surface area contributed by atoms with Crippen LogP contribution in [0.1, 0.15) is 18.9 Å². The highest BCUT2D eigenvalue weighted by Gasteiger charge is 2.27. The average Bonchev–Trinajstić information content (AvgIpc) is 2.48. The van der Waals surface area contributed by atoms with Crippen molar-refractivity contribution < 1.29 is 13.2 Å². The Balaban J connectivity index is 2.12. The lowest BCUT2D eigenvalue weighted by molar-refractivity contribution is -0.119. The lowest BCUT2D eigenvalue weighted by Crippen LogP contribution is -2.47. The number of sulfonamides is 1. The molecule has 0 radical (unpaired) electrons. The summed E-state index contributed by atoms with van der Waals surface area (Å²) in [6, 6.07) is 7.09. The predicted octanol–water partition coefficient (Wildman–Crippen LogP) is 1.10. The smallest absolute Gasteiger partial charge is 0.243 e. The largest absolute Gasteiger partial charge is 0.343 e. The molecule has 0 N–H and O–H groups in total. The molecule has 0 aliphatic carbocycles. The van der Waals surface area contributed by atoms with Crippen molar-refractivity contribution in [3.63, 3.8) is 0 Å². The van der Waals surface area contributed by atoms with Crippen molar-refractivity contribution >= 4 is 16.4 Å². The summed E-state index contributed by atoms with van der Waals surface area (Å²) in [6.45, 7) is 3.72. The number of nitrogens with zero attached hydrogens (tertiary/aromatic N) is 2. The van der Waals surface area contributed by atoms with Gasteiger partial charge in [0.15, 0.2) is 0 Å². The Hall–Kier alpha value is -1.40. The fourth-order valence-corrected chi connectivity index (χ4v) is 3.74. The van der Waals surface area contributed by atoms with Crippen LogP contribution in [0.2, 0.25) is 0 Å². The van der Waals surface area contributed by atoms with Crippen LogP contribution in [0.15, 0.2) is 29.2 Å². The van der Waals surface area contributed by atoms with Crippen LogP contribution in [0.25, 0.3) is 0 Å². The van der Waals surface area contributed by atoms with Gasteiger partial charge in [-0.15, -0.1) is 0 Å². The minimum Gasteiger partial charge on any atom is -0.343 e. The fourth-order valence-electron chi connectivity index (χ4n) is 2.32. The van der Waals surface area contributed by atoms with Crippen LogP contribution in [0.3, 0.4) is 0 Å². The average molecular weight is 296 g/mol. The molecule has 1 aromatic rings. The van der Waals surface area contributed by atoms with Crippen molar-refractivity contribution in [3.8, 4) is 0 Å². The molecule has 0 atom stereocenters. The Morgan fingerprint density at radius 3 is 2.20 bits per heavy atom. The van der Waals surface area contributed by atoms with E-state index in [0.717, 1.165) is 24.8 Å². The molecule has 20 heavy (non-hydrogen) atoms. The maximum atomic E-state index is 12.5. The van der Waals surface area contributed by atoms with Gasteiger partial charge in [-0.2, -0.15) is 4.31 Å². The quantitative estimate of drug-likeness (QED) is 0.765. The molecular weight excluding hydrogens is 276 g/mol. The number of rotatable bonds is 5. The second-order valence-electron chi connectivity index (χ2n) is 4.94. The van der Waals surface area contributed by atoms with E-state index in [2.05, 4.69) is 6.92 Å². The fraction of sp³-hybridized carbons (Fsp3) is 0.500. The summed E-state index contributed by atoms with van der Waals surface area (Å²) in [7, 11) is -3.43. The molecule has 1 aromatic carbocycles. The van der Waals surface area contributed by atoms with E-state index in [0.29, 0.717) is 31.1 Å². The zero-order valence-corrected chi connectivity index (χ0v) is 12.5. The number of carbonyl (C=O) groups excluding carboxylic acids is 1. The standard InChI is InChI=1S/C14H20N2O3S/c1-2-3-13-4-6-14(7-5-13)20(18,19)16-10-8-15(12-17)9-11-16/h4-7,12H,2-3,8-11H2,1H3. The van der Waals surface area contributed by atoms with E-state index in [1.807, 2.05) is 12.1 Å². The van der Waals surface area contributed by atoms with E-state index >= 15 is 0 Å². The predicted molar refractivity (Wildman–Crippen MR) is 76.8 cm³/mol. The van der Waals surface area contributed by atoms with Crippen molar-refractivity contribution in [2.45, 2.75) is 24.7 Å². The van der Waals surface area contributed by atoms with Crippen molar-refractivity contribution in [2.75, 3.05) is 26.2 Å². The first-order valence-corrected chi connectivity index (χ1v) is 8.30. The third-order valence-corrected chi connectivity index (χ3v) is 5.43. The SMILES string of the molecule is CCCc1ccc(S(=O)(=O)N2CCN(C=O)CC2)cc1. The van der Waals surface area contributed by atoms with Gasteiger partial charge >= 0.3 is 0 Å². The summed E-state index contributed by atoms with van der Waals surface area (Å²) in [5, 5.41) is 0. The van der Waals surface area contributed by atoms with Gasteiger partial charge in [-0.1, -0.05) is 25.5 Å². The van der Waals surface area contributed by atoms with Crippen LogP contribution in [0.4, 0.5) is 0 Å². The van der Waals surface area contributed by atoms with Crippen LogP contribution in [0, 0.1) is 0 Å². The Labute approximate surface area is 120 Å². The lowest BCUT2D eigenvalue weighted by atomic mass is 10.1. The molecule has 5 nitrogen and oxygen atoms in total. The third-order valence-electron chi connectivity index (χ3n) is 3.52.